The first kappa shape index (κ1) is 21.9. The number of aliphatic imine (C=N–C) groups is 1. The van der Waals surface area contributed by atoms with E-state index in [0.717, 1.165) is 5.92 Å². The van der Waals surface area contributed by atoms with E-state index in [1.54, 1.807) is 7.05 Å². The van der Waals surface area contributed by atoms with Crippen molar-refractivity contribution in [1.82, 2.24) is 4.90 Å². The SMILES string of the molecule is C=NC.CC(C)C.CC(C)N(C(C)C)C(C)C. The number of rotatable bonds is 3. The quantitative estimate of drug-likeness (QED) is 0.668. The molecule has 0 saturated heterocycles. The summed E-state index contributed by atoms with van der Waals surface area (Å²) in [6.07, 6.45) is 0. The molecule has 0 fully saturated rings. The van der Waals surface area contributed by atoms with Crippen LogP contribution in [0.3, 0.4) is 0 Å². The summed E-state index contributed by atoms with van der Waals surface area (Å²) in [6.45, 7) is 23.1. The minimum absolute atomic E-state index is 0.667. The van der Waals surface area contributed by atoms with Crippen LogP contribution in [0.25, 0.3) is 0 Å². The Morgan fingerprint density at radius 3 is 0.824 bits per heavy atom. The average molecular weight is 244 g/mol. The van der Waals surface area contributed by atoms with Gasteiger partial charge in [-0.05, 0) is 54.2 Å². The van der Waals surface area contributed by atoms with E-state index in [2.05, 4.69) is 78.9 Å². The molecule has 0 heterocycles. The normalized spacial score (nSPS) is 10.3. The molecule has 0 aliphatic rings. The van der Waals surface area contributed by atoms with Crippen molar-refractivity contribution >= 4 is 6.72 Å². The molecule has 0 spiro atoms. The third-order valence-electron chi connectivity index (χ3n) is 1.79. The molecular formula is C15H36N2. The summed E-state index contributed by atoms with van der Waals surface area (Å²) in [7, 11) is 1.64. The number of hydrogen-bond acceptors (Lipinski definition) is 2. The van der Waals surface area contributed by atoms with Crippen molar-refractivity contribution in [3.8, 4) is 0 Å². The predicted octanol–water partition coefficient (Wildman–Crippen LogP) is 4.49. The second-order valence-corrected chi connectivity index (χ2v) is 5.78. The zero-order chi connectivity index (χ0) is 14.6. The molecule has 0 saturated carbocycles. The van der Waals surface area contributed by atoms with Gasteiger partial charge in [0.15, 0.2) is 0 Å². The summed E-state index contributed by atoms with van der Waals surface area (Å²) >= 11 is 0. The molecule has 0 radical (unpaired) electrons. The lowest BCUT2D eigenvalue weighted by Crippen LogP contribution is -2.42. The number of nitrogens with zero attached hydrogens (tertiary/aromatic N) is 2. The van der Waals surface area contributed by atoms with E-state index >= 15 is 0 Å². The molecule has 0 aromatic carbocycles. The van der Waals surface area contributed by atoms with Crippen LogP contribution in [0.2, 0.25) is 0 Å². The molecule has 0 aromatic heterocycles. The Hall–Kier alpha value is -0.370. The Morgan fingerprint density at radius 2 is 0.824 bits per heavy atom. The zero-order valence-corrected chi connectivity index (χ0v) is 13.9. The summed E-state index contributed by atoms with van der Waals surface area (Å²) in [4.78, 5) is 5.75. The fourth-order valence-electron chi connectivity index (χ4n) is 1.79. The van der Waals surface area contributed by atoms with Crippen LogP contribution in [0.15, 0.2) is 4.99 Å². The summed E-state index contributed by atoms with van der Waals surface area (Å²) in [6, 6.07) is 2.00. The van der Waals surface area contributed by atoms with E-state index in [4.69, 9.17) is 0 Å². The molecule has 17 heavy (non-hydrogen) atoms. The van der Waals surface area contributed by atoms with Gasteiger partial charge in [0.25, 0.3) is 0 Å². The maximum Gasteiger partial charge on any atom is 0.0269 e. The molecule has 0 aliphatic carbocycles. The lowest BCUT2D eigenvalue weighted by molar-refractivity contribution is 0.133. The Morgan fingerprint density at radius 1 is 0.706 bits per heavy atom. The van der Waals surface area contributed by atoms with Crippen molar-refractivity contribution in [3.05, 3.63) is 0 Å². The first-order chi connectivity index (χ1) is 7.61. The molecule has 0 N–H and O–H groups in total. The molecule has 106 valence electrons. The van der Waals surface area contributed by atoms with Gasteiger partial charge in [-0.25, -0.2) is 0 Å². The van der Waals surface area contributed by atoms with Crippen LogP contribution < -0.4 is 0 Å². The molecule has 2 nitrogen and oxygen atoms in total. The predicted molar refractivity (Wildman–Crippen MR) is 83.2 cm³/mol. The average Bonchev–Trinajstić information content (AvgIpc) is 2.00. The van der Waals surface area contributed by atoms with E-state index in [-0.39, 0.29) is 0 Å². The monoisotopic (exact) mass is 244 g/mol. The van der Waals surface area contributed by atoms with E-state index < -0.39 is 0 Å². The van der Waals surface area contributed by atoms with E-state index in [9.17, 15) is 0 Å². The van der Waals surface area contributed by atoms with Crippen LogP contribution in [-0.4, -0.2) is 36.8 Å². The second kappa shape index (κ2) is 13.7. The smallest absolute Gasteiger partial charge is 0.0269 e. The Bertz CT molecular complexity index is 127. The molecular weight excluding hydrogens is 208 g/mol. The molecule has 2 heteroatoms. The highest BCUT2D eigenvalue weighted by Crippen LogP contribution is 2.09. The lowest BCUT2D eigenvalue weighted by atomic mass is 10.2. The highest BCUT2D eigenvalue weighted by Gasteiger charge is 2.15. The highest BCUT2D eigenvalue weighted by molar-refractivity contribution is 5.22. The van der Waals surface area contributed by atoms with Gasteiger partial charge in [0.1, 0.15) is 0 Å². The first-order valence-corrected chi connectivity index (χ1v) is 6.73. The van der Waals surface area contributed by atoms with Gasteiger partial charge in [-0.15, -0.1) is 0 Å². The fourth-order valence-corrected chi connectivity index (χ4v) is 1.79. The van der Waals surface area contributed by atoms with Gasteiger partial charge in [-0.2, -0.15) is 0 Å². The van der Waals surface area contributed by atoms with E-state index in [1.165, 1.54) is 0 Å². The minimum Gasteiger partial charge on any atom is -0.304 e. The van der Waals surface area contributed by atoms with Crippen LogP contribution >= 0.6 is 0 Å². The Labute approximate surface area is 111 Å². The largest absolute Gasteiger partial charge is 0.304 e. The fraction of sp³-hybridized carbons (Fsp3) is 0.933. The van der Waals surface area contributed by atoms with Crippen LogP contribution in [0.5, 0.6) is 0 Å². The maximum absolute atomic E-state index is 3.25. The van der Waals surface area contributed by atoms with Crippen molar-refractivity contribution in [1.29, 1.82) is 0 Å². The van der Waals surface area contributed by atoms with Gasteiger partial charge in [-0.3, -0.25) is 4.90 Å². The van der Waals surface area contributed by atoms with E-state index in [0.29, 0.717) is 18.1 Å². The van der Waals surface area contributed by atoms with Gasteiger partial charge in [0.05, 0.1) is 0 Å². The second-order valence-electron chi connectivity index (χ2n) is 5.78. The summed E-state index contributed by atoms with van der Waals surface area (Å²) in [5.41, 5.74) is 0. The van der Waals surface area contributed by atoms with Gasteiger partial charge in [-0.1, -0.05) is 20.8 Å². The van der Waals surface area contributed by atoms with Crippen molar-refractivity contribution in [3.63, 3.8) is 0 Å². The van der Waals surface area contributed by atoms with Gasteiger partial charge in [0.2, 0.25) is 0 Å². The highest BCUT2D eigenvalue weighted by atomic mass is 15.2. The van der Waals surface area contributed by atoms with Crippen LogP contribution in [0.4, 0.5) is 0 Å². The molecule has 0 amide bonds. The number of hydrogen-bond donors (Lipinski definition) is 0. The van der Waals surface area contributed by atoms with Gasteiger partial charge >= 0.3 is 0 Å². The minimum atomic E-state index is 0.667. The molecule has 0 atom stereocenters. The third kappa shape index (κ3) is 21.5. The molecule has 0 bridgehead atoms. The van der Waals surface area contributed by atoms with Gasteiger partial charge in [0, 0.05) is 25.2 Å². The third-order valence-corrected chi connectivity index (χ3v) is 1.79. The standard InChI is InChI=1S/C9H21N.C4H10.C2H5N/c1-7(2)10(8(3)4)9(5)6;1-4(2)3;1-3-2/h7-9H,1-6H3;4H,1-3H3;1H2,2H3. The zero-order valence-electron chi connectivity index (χ0n) is 13.9. The summed E-state index contributed by atoms with van der Waals surface area (Å²) < 4.78 is 0. The van der Waals surface area contributed by atoms with Crippen molar-refractivity contribution in [2.45, 2.75) is 80.4 Å². The summed E-state index contributed by atoms with van der Waals surface area (Å²) in [5, 5.41) is 0. The maximum atomic E-state index is 3.25. The Kier molecular flexibility index (Phi) is 17.6. The van der Waals surface area contributed by atoms with Crippen LogP contribution in [-0.2, 0) is 0 Å². The van der Waals surface area contributed by atoms with Crippen molar-refractivity contribution in [2.24, 2.45) is 10.9 Å². The molecule has 0 unspecified atom stereocenters. The summed E-state index contributed by atoms with van der Waals surface area (Å²) in [5.74, 6) is 0.833. The Balaban J connectivity index is -0.000000232. The van der Waals surface area contributed by atoms with Crippen LogP contribution in [0.1, 0.15) is 62.3 Å². The van der Waals surface area contributed by atoms with E-state index in [1.807, 2.05) is 0 Å². The molecule has 0 rings (SSSR count). The molecule has 0 aromatic rings. The first-order valence-electron chi connectivity index (χ1n) is 6.73. The lowest BCUT2D eigenvalue weighted by Gasteiger charge is -2.34. The molecule has 0 aliphatic heterocycles. The van der Waals surface area contributed by atoms with Gasteiger partial charge < -0.3 is 4.99 Å². The van der Waals surface area contributed by atoms with Crippen molar-refractivity contribution < 1.29 is 0 Å². The van der Waals surface area contributed by atoms with Crippen molar-refractivity contribution in [2.75, 3.05) is 7.05 Å². The van der Waals surface area contributed by atoms with Crippen LogP contribution in [0, 0.1) is 5.92 Å². The topological polar surface area (TPSA) is 15.6 Å².